The summed E-state index contributed by atoms with van der Waals surface area (Å²) in [5.74, 6) is -3.07. The van der Waals surface area contributed by atoms with E-state index in [9.17, 15) is 13.6 Å². The average Bonchev–Trinajstić information content (AvgIpc) is 2.43. The Hall–Kier alpha value is -1.79. The lowest BCUT2D eigenvalue weighted by Gasteiger charge is -2.11. The van der Waals surface area contributed by atoms with Gasteiger partial charge >= 0.3 is 0 Å². The Morgan fingerprint density at radius 3 is 2.67 bits per heavy atom. The van der Waals surface area contributed by atoms with Crippen LogP contribution in [0.5, 0.6) is 0 Å². The second-order valence-electron chi connectivity index (χ2n) is 4.06. The summed E-state index contributed by atoms with van der Waals surface area (Å²) < 4.78 is 25.0. The number of benzene rings is 2. The highest BCUT2D eigenvalue weighted by molar-refractivity contribution is 7.99. The number of para-hydroxylation sites is 1. The van der Waals surface area contributed by atoms with Crippen molar-refractivity contribution >= 4 is 40.6 Å². The van der Waals surface area contributed by atoms with Crippen LogP contribution in [0.2, 0.25) is 5.02 Å². The van der Waals surface area contributed by atoms with Crippen LogP contribution in [0.25, 0.3) is 0 Å². The molecule has 0 heterocycles. The van der Waals surface area contributed by atoms with E-state index in [1.807, 2.05) is 0 Å². The Kier molecular flexibility index (Phi) is 5.03. The summed E-state index contributed by atoms with van der Waals surface area (Å²) in [6, 6.07) is 10.8. The lowest BCUT2D eigenvalue weighted by Crippen LogP contribution is -2.14. The quantitative estimate of drug-likeness (QED) is 0.642. The highest BCUT2D eigenvalue weighted by atomic mass is 35.5. The van der Waals surface area contributed by atoms with Gasteiger partial charge in [0.05, 0.1) is 11.3 Å². The van der Waals surface area contributed by atoms with E-state index in [1.165, 1.54) is 18.2 Å². The maximum absolute atomic E-state index is 12.5. The van der Waals surface area contributed by atoms with E-state index in [1.54, 1.807) is 24.3 Å². The fraction of sp³-hybridized carbons (Fsp3) is 0.0714. The summed E-state index contributed by atoms with van der Waals surface area (Å²) in [6.45, 7) is 0. The maximum Gasteiger partial charge on any atom is 0.288 e. The van der Waals surface area contributed by atoms with E-state index < -0.39 is 11.7 Å². The van der Waals surface area contributed by atoms with Gasteiger partial charge in [0.15, 0.2) is 0 Å². The number of rotatable bonds is 4. The van der Waals surface area contributed by atoms with Crippen LogP contribution in [0.3, 0.4) is 0 Å². The minimum atomic E-state index is -2.57. The highest BCUT2D eigenvalue weighted by Gasteiger charge is 2.14. The zero-order valence-electron chi connectivity index (χ0n) is 10.6. The predicted octanol–water partition coefficient (Wildman–Crippen LogP) is 4.49. The summed E-state index contributed by atoms with van der Waals surface area (Å²) in [5, 5.41) is 2.93. The molecule has 0 radical (unpaired) electrons. The Labute approximate surface area is 129 Å². The molecule has 1 amide bonds. The average molecular weight is 329 g/mol. The van der Waals surface area contributed by atoms with Gasteiger partial charge in [-0.2, -0.15) is 8.78 Å². The molecule has 2 aromatic carbocycles. The van der Waals surface area contributed by atoms with E-state index >= 15 is 0 Å². The van der Waals surface area contributed by atoms with Gasteiger partial charge < -0.3 is 11.1 Å². The van der Waals surface area contributed by atoms with E-state index in [0.29, 0.717) is 22.5 Å². The molecule has 0 saturated carbocycles. The second kappa shape index (κ2) is 6.78. The van der Waals surface area contributed by atoms with Crippen molar-refractivity contribution < 1.29 is 13.6 Å². The van der Waals surface area contributed by atoms with Crippen LogP contribution < -0.4 is 11.1 Å². The van der Waals surface area contributed by atoms with Gasteiger partial charge in [-0.15, -0.1) is 0 Å². The third kappa shape index (κ3) is 4.09. The smallest absolute Gasteiger partial charge is 0.288 e. The lowest BCUT2D eigenvalue weighted by atomic mass is 10.1. The van der Waals surface area contributed by atoms with Crippen LogP contribution in [-0.4, -0.2) is 11.7 Å². The Morgan fingerprint density at radius 2 is 1.95 bits per heavy atom. The summed E-state index contributed by atoms with van der Waals surface area (Å²) in [7, 11) is 0. The number of anilines is 2. The van der Waals surface area contributed by atoms with E-state index in [-0.39, 0.29) is 16.1 Å². The molecular formula is C14H11ClF2N2OS. The van der Waals surface area contributed by atoms with Gasteiger partial charge in [0, 0.05) is 15.6 Å². The van der Waals surface area contributed by atoms with E-state index in [2.05, 4.69) is 5.32 Å². The predicted molar refractivity (Wildman–Crippen MR) is 82.1 cm³/mol. The Balaban J connectivity index is 2.25. The van der Waals surface area contributed by atoms with E-state index in [4.69, 9.17) is 17.3 Å². The van der Waals surface area contributed by atoms with Crippen LogP contribution in [0, 0.1) is 0 Å². The molecule has 0 unspecified atom stereocenters. The third-order valence-corrected chi connectivity index (χ3v) is 3.63. The third-order valence-electron chi connectivity index (χ3n) is 2.61. The maximum atomic E-state index is 12.5. The Morgan fingerprint density at radius 1 is 1.24 bits per heavy atom. The second-order valence-corrected chi connectivity index (χ2v) is 5.53. The molecule has 0 atom stereocenters. The number of nitrogen functional groups attached to an aromatic ring is 1. The molecule has 3 N–H and O–H groups in total. The number of amides is 1. The molecule has 110 valence electrons. The number of hydrogen-bond acceptors (Lipinski definition) is 3. The number of thioether (sulfide) groups is 1. The molecule has 0 saturated heterocycles. The van der Waals surface area contributed by atoms with Gasteiger partial charge in [-0.05, 0) is 30.3 Å². The van der Waals surface area contributed by atoms with Crippen molar-refractivity contribution in [1.29, 1.82) is 0 Å². The largest absolute Gasteiger partial charge is 0.398 e. The Bertz CT molecular complexity index is 667. The number of halogens is 3. The molecule has 2 rings (SSSR count). The standard InChI is InChI=1S/C14H11ClF2N2OS/c15-8-5-6-10(18)9(7-8)13(20)19-11-3-1-2-4-12(11)21-14(16)17/h1-7,14H,18H2,(H,19,20). The molecule has 0 fully saturated rings. The first-order chi connectivity index (χ1) is 9.97. The zero-order chi connectivity index (χ0) is 15.4. The van der Waals surface area contributed by atoms with Gasteiger partial charge in [-0.3, -0.25) is 4.79 Å². The van der Waals surface area contributed by atoms with Crippen molar-refractivity contribution in [3.63, 3.8) is 0 Å². The van der Waals surface area contributed by atoms with Gasteiger partial charge in [0.25, 0.3) is 11.7 Å². The zero-order valence-corrected chi connectivity index (χ0v) is 12.2. The molecule has 0 spiro atoms. The first-order valence-corrected chi connectivity index (χ1v) is 7.13. The van der Waals surface area contributed by atoms with E-state index in [0.717, 1.165) is 0 Å². The number of carbonyl (C=O) groups is 1. The molecule has 0 aliphatic heterocycles. The van der Waals surface area contributed by atoms with Crippen molar-refractivity contribution in [2.75, 3.05) is 11.1 Å². The number of nitrogens with two attached hydrogens (primary N) is 1. The summed E-state index contributed by atoms with van der Waals surface area (Å²) >= 11 is 6.19. The molecule has 0 bridgehead atoms. The van der Waals surface area contributed by atoms with Crippen LogP contribution >= 0.6 is 23.4 Å². The van der Waals surface area contributed by atoms with Crippen molar-refractivity contribution in [1.82, 2.24) is 0 Å². The SMILES string of the molecule is Nc1ccc(Cl)cc1C(=O)Nc1ccccc1SC(F)F. The van der Waals surface area contributed by atoms with Crippen LogP contribution in [0.15, 0.2) is 47.4 Å². The van der Waals surface area contributed by atoms with Gasteiger partial charge in [-0.25, -0.2) is 0 Å². The fourth-order valence-electron chi connectivity index (χ4n) is 1.68. The van der Waals surface area contributed by atoms with Crippen LogP contribution in [0.4, 0.5) is 20.2 Å². The van der Waals surface area contributed by atoms with Gasteiger partial charge in [0.2, 0.25) is 0 Å². The number of nitrogens with one attached hydrogen (secondary N) is 1. The first kappa shape index (κ1) is 15.6. The number of hydrogen-bond donors (Lipinski definition) is 2. The molecule has 0 aliphatic rings. The molecule has 0 aromatic heterocycles. The number of alkyl halides is 2. The monoisotopic (exact) mass is 328 g/mol. The molecule has 0 aliphatic carbocycles. The normalized spacial score (nSPS) is 10.7. The molecule has 2 aromatic rings. The molecule has 21 heavy (non-hydrogen) atoms. The minimum absolute atomic E-state index is 0.194. The highest BCUT2D eigenvalue weighted by Crippen LogP contribution is 2.32. The number of carbonyl (C=O) groups excluding carboxylic acids is 1. The molecule has 7 heteroatoms. The fourth-order valence-corrected chi connectivity index (χ4v) is 2.45. The van der Waals surface area contributed by atoms with Crippen molar-refractivity contribution in [3.05, 3.63) is 53.1 Å². The molecule has 3 nitrogen and oxygen atoms in total. The topological polar surface area (TPSA) is 55.1 Å². The minimum Gasteiger partial charge on any atom is -0.398 e. The van der Waals surface area contributed by atoms with Crippen molar-refractivity contribution in [2.45, 2.75) is 10.7 Å². The summed E-state index contributed by atoms with van der Waals surface area (Å²) in [4.78, 5) is 12.5. The van der Waals surface area contributed by atoms with Gasteiger partial charge in [-0.1, -0.05) is 35.5 Å². The van der Waals surface area contributed by atoms with Crippen molar-refractivity contribution in [3.8, 4) is 0 Å². The van der Waals surface area contributed by atoms with Gasteiger partial charge in [0.1, 0.15) is 0 Å². The lowest BCUT2D eigenvalue weighted by molar-refractivity contribution is 0.102. The first-order valence-electron chi connectivity index (χ1n) is 5.87. The summed E-state index contributed by atoms with van der Waals surface area (Å²) in [6.07, 6.45) is 0. The van der Waals surface area contributed by atoms with Crippen LogP contribution in [0.1, 0.15) is 10.4 Å². The van der Waals surface area contributed by atoms with Crippen LogP contribution in [-0.2, 0) is 0 Å². The summed E-state index contributed by atoms with van der Waals surface area (Å²) in [5.41, 5.74) is 6.47. The molecular weight excluding hydrogens is 318 g/mol. The van der Waals surface area contributed by atoms with Crippen molar-refractivity contribution in [2.24, 2.45) is 0 Å².